The van der Waals surface area contributed by atoms with E-state index in [4.69, 9.17) is 5.11 Å². The number of hydrogen-bond acceptors (Lipinski definition) is 1. The number of rotatable bonds is 5. The fraction of sp³-hybridized carbons (Fsp3) is 0.500. The van der Waals surface area contributed by atoms with Crippen LogP contribution in [0, 0.1) is 5.41 Å². The molecule has 0 spiro atoms. The van der Waals surface area contributed by atoms with E-state index >= 15 is 0 Å². The van der Waals surface area contributed by atoms with Crippen LogP contribution in [0.5, 0.6) is 0 Å². The van der Waals surface area contributed by atoms with Gasteiger partial charge in [-0.05, 0) is 51.0 Å². The average molecular weight is 310 g/mol. The van der Waals surface area contributed by atoms with Crippen LogP contribution < -0.4 is 29.6 Å². The number of aliphatic hydroxyl groups excluding tert-OH is 1. The zero-order chi connectivity index (χ0) is 15.9. The van der Waals surface area contributed by atoms with Crippen LogP contribution in [0.2, 0.25) is 0 Å². The Labute approximate surface area is 160 Å². The molecule has 22 heavy (non-hydrogen) atoms. The van der Waals surface area contributed by atoms with E-state index in [1.807, 2.05) is 19.1 Å². The van der Waals surface area contributed by atoms with Gasteiger partial charge in [0.15, 0.2) is 0 Å². The Hall–Kier alpha value is -0.340. The first kappa shape index (κ1) is 21.7. The van der Waals surface area contributed by atoms with Crippen molar-refractivity contribution in [3.05, 3.63) is 58.7 Å². The Morgan fingerprint density at radius 1 is 1.23 bits per heavy atom. The first-order valence-electron chi connectivity index (χ1n) is 7.87. The van der Waals surface area contributed by atoms with Crippen LogP contribution in [0.1, 0.15) is 55.3 Å². The maximum atomic E-state index is 8.81. The van der Waals surface area contributed by atoms with E-state index in [9.17, 15) is 0 Å². The molecular formula is C20H31NaO. The van der Waals surface area contributed by atoms with Crippen LogP contribution in [0.3, 0.4) is 0 Å². The molecule has 0 aromatic carbocycles. The van der Waals surface area contributed by atoms with E-state index in [0.29, 0.717) is 5.41 Å². The van der Waals surface area contributed by atoms with Crippen molar-refractivity contribution in [3.63, 3.8) is 0 Å². The normalized spacial score (nSPS) is 19.9. The average Bonchev–Trinajstić information content (AvgIpc) is 2.37. The van der Waals surface area contributed by atoms with Crippen LogP contribution in [0.25, 0.3) is 0 Å². The summed E-state index contributed by atoms with van der Waals surface area (Å²) in [6.07, 6.45) is 16.3. The molecule has 1 rings (SSSR count). The number of allylic oxidation sites excluding steroid dienone is 9. The van der Waals surface area contributed by atoms with E-state index in [1.165, 1.54) is 36.0 Å². The molecule has 0 fully saturated rings. The molecule has 0 saturated heterocycles. The molecule has 118 valence electrons. The SMILES string of the molecule is CC1=C(/C=C/C(C)=C\C=C\C(C)=C\CO)C(C)(C)CCC1.[H-].[Na+]. The summed E-state index contributed by atoms with van der Waals surface area (Å²) in [7, 11) is 0. The summed E-state index contributed by atoms with van der Waals surface area (Å²) in [5.41, 5.74) is 5.66. The van der Waals surface area contributed by atoms with Gasteiger partial charge in [0.1, 0.15) is 0 Å². The summed E-state index contributed by atoms with van der Waals surface area (Å²) in [5.74, 6) is 0. The maximum absolute atomic E-state index is 8.81. The third kappa shape index (κ3) is 7.28. The van der Waals surface area contributed by atoms with Gasteiger partial charge in [0.25, 0.3) is 0 Å². The van der Waals surface area contributed by atoms with Crippen LogP contribution in [-0.4, -0.2) is 11.7 Å². The van der Waals surface area contributed by atoms with E-state index in [1.54, 1.807) is 6.08 Å². The van der Waals surface area contributed by atoms with Crippen molar-refractivity contribution in [2.24, 2.45) is 5.41 Å². The minimum absolute atomic E-state index is 0. The third-order valence-electron chi connectivity index (χ3n) is 4.19. The van der Waals surface area contributed by atoms with Crippen LogP contribution in [0.4, 0.5) is 0 Å². The van der Waals surface area contributed by atoms with E-state index in [2.05, 4.69) is 45.9 Å². The summed E-state index contributed by atoms with van der Waals surface area (Å²) in [4.78, 5) is 0. The van der Waals surface area contributed by atoms with Crippen molar-refractivity contribution in [2.75, 3.05) is 6.61 Å². The zero-order valence-corrected chi connectivity index (χ0v) is 17.2. The Balaban J connectivity index is 0. The molecular weight excluding hydrogens is 279 g/mol. The Kier molecular flexibility index (Phi) is 10.3. The second-order valence-electron chi connectivity index (χ2n) is 6.67. The fourth-order valence-corrected chi connectivity index (χ4v) is 2.84. The van der Waals surface area contributed by atoms with Crippen molar-refractivity contribution in [2.45, 2.75) is 53.9 Å². The Morgan fingerprint density at radius 3 is 2.50 bits per heavy atom. The van der Waals surface area contributed by atoms with Crippen molar-refractivity contribution in [1.29, 1.82) is 0 Å². The molecule has 1 N–H and O–H groups in total. The molecule has 0 bridgehead atoms. The fourth-order valence-electron chi connectivity index (χ4n) is 2.84. The topological polar surface area (TPSA) is 20.2 Å². The van der Waals surface area contributed by atoms with Crippen LogP contribution >= 0.6 is 0 Å². The van der Waals surface area contributed by atoms with Gasteiger partial charge in [-0.15, -0.1) is 0 Å². The molecule has 0 heterocycles. The first-order valence-corrected chi connectivity index (χ1v) is 7.87. The van der Waals surface area contributed by atoms with Gasteiger partial charge in [0.05, 0.1) is 6.61 Å². The molecule has 0 saturated carbocycles. The minimum Gasteiger partial charge on any atom is -1.00 e. The summed E-state index contributed by atoms with van der Waals surface area (Å²) < 4.78 is 0. The summed E-state index contributed by atoms with van der Waals surface area (Å²) in [5, 5.41) is 8.81. The van der Waals surface area contributed by atoms with E-state index in [-0.39, 0.29) is 37.6 Å². The van der Waals surface area contributed by atoms with Gasteiger partial charge in [0, 0.05) is 0 Å². The van der Waals surface area contributed by atoms with E-state index < -0.39 is 0 Å². The second-order valence-corrected chi connectivity index (χ2v) is 6.67. The molecule has 0 aromatic rings. The predicted octanol–water partition coefficient (Wildman–Crippen LogP) is 2.63. The monoisotopic (exact) mass is 310 g/mol. The standard InChI is InChI=1S/C20H30O.Na.H/c1-16(8-6-9-17(2)13-15-21)11-12-19-18(3)10-7-14-20(19,4)5;;/h6,8-9,11-13,21H,7,10,14-15H2,1-5H3;;/q;+1;-1/b9-6+,12-11+,16-8-,17-13+;;. The quantitative estimate of drug-likeness (QED) is 0.611. The molecule has 0 aromatic heterocycles. The van der Waals surface area contributed by atoms with Crippen LogP contribution in [0.15, 0.2) is 58.7 Å². The van der Waals surface area contributed by atoms with Gasteiger partial charge in [-0.2, -0.15) is 0 Å². The van der Waals surface area contributed by atoms with Gasteiger partial charge in [-0.3, -0.25) is 0 Å². The molecule has 0 aliphatic heterocycles. The number of hydrogen-bond donors (Lipinski definition) is 1. The zero-order valence-electron chi connectivity index (χ0n) is 16.2. The van der Waals surface area contributed by atoms with Crippen molar-refractivity contribution < 1.29 is 36.1 Å². The van der Waals surface area contributed by atoms with Gasteiger partial charge < -0.3 is 6.53 Å². The number of aliphatic hydroxyl groups is 1. The summed E-state index contributed by atoms with van der Waals surface area (Å²) >= 11 is 0. The van der Waals surface area contributed by atoms with Gasteiger partial charge in [0.2, 0.25) is 0 Å². The van der Waals surface area contributed by atoms with Gasteiger partial charge in [-0.1, -0.05) is 67.0 Å². The maximum Gasteiger partial charge on any atom is 1.00 e. The Bertz CT molecular complexity index is 508. The first-order chi connectivity index (χ1) is 9.86. The van der Waals surface area contributed by atoms with Crippen molar-refractivity contribution >= 4 is 0 Å². The molecule has 0 radical (unpaired) electrons. The molecule has 1 aliphatic carbocycles. The smallest absolute Gasteiger partial charge is 1.00 e. The third-order valence-corrected chi connectivity index (χ3v) is 4.19. The summed E-state index contributed by atoms with van der Waals surface area (Å²) in [6.45, 7) is 11.2. The van der Waals surface area contributed by atoms with E-state index in [0.717, 1.165) is 5.57 Å². The largest absolute Gasteiger partial charge is 1.00 e. The van der Waals surface area contributed by atoms with Crippen molar-refractivity contribution in [1.82, 2.24) is 0 Å². The predicted molar refractivity (Wildman–Crippen MR) is 94.3 cm³/mol. The van der Waals surface area contributed by atoms with Crippen molar-refractivity contribution in [3.8, 4) is 0 Å². The van der Waals surface area contributed by atoms with Crippen LogP contribution in [-0.2, 0) is 0 Å². The second kappa shape index (κ2) is 10.4. The molecule has 0 atom stereocenters. The summed E-state index contributed by atoms with van der Waals surface area (Å²) in [6, 6.07) is 0. The van der Waals surface area contributed by atoms with Gasteiger partial charge in [-0.25, -0.2) is 0 Å². The minimum atomic E-state index is 0. The molecule has 1 aliphatic rings. The van der Waals surface area contributed by atoms with Gasteiger partial charge >= 0.3 is 29.6 Å². The molecule has 0 unspecified atom stereocenters. The molecule has 2 heteroatoms. The molecule has 0 amide bonds. The Morgan fingerprint density at radius 2 is 1.91 bits per heavy atom. The molecule has 1 nitrogen and oxygen atoms in total.